The molecule has 0 fully saturated rings. The molecule has 1 N–H and O–H groups in total. The van der Waals surface area contributed by atoms with E-state index in [0.29, 0.717) is 0 Å². The van der Waals surface area contributed by atoms with Gasteiger partial charge in [-0.25, -0.2) is 0 Å². The fourth-order valence-electron chi connectivity index (χ4n) is 0.639. The van der Waals surface area contributed by atoms with Crippen LogP contribution >= 0.6 is 69.6 Å². The molecule has 0 bridgehead atoms. The van der Waals surface area contributed by atoms with E-state index in [-0.39, 0.29) is 0 Å². The molecule has 9 heteroatoms. The molecule has 0 aromatic carbocycles. The largest absolute Gasteiger partial charge is 0.291 e. The Morgan fingerprint density at radius 3 is 2.08 bits per heavy atom. The van der Waals surface area contributed by atoms with Crippen molar-refractivity contribution >= 4 is 75.9 Å². The van der Waals surface area contributed by atoms with Crippen molar-refractivity contribution in [2.45, 2.75) is 13.9 Å². The molecule has 0 aromatic rings. The average molecular weight is 306 g/mol. The van der Waals surface area contributed by atoms with Gasteiger partial charge in [0.1, 0.15) is 6.34 Å². The average Bonchev–Trinajstić information content (AvgIpc) is 2.32. The molecule has 0 spiro atoms. The van der Waals surface area contributed by atoms with Crippen molar-refractivity contribution in [3.63, 3.8) is 0 Å². The van der Waals surface area contributed by atoms with Crippen molar-refractivity contribution in [1.29, 1.82) is 0 Å². The van der Waals surface area contributed by atoms with E-state index in [1.54, 1.807) is 0 Å². The normalized spacial score (nSPS) is 23.5. The van der Waals surface area contributed by atoms with Crippen LogP contribution in [-0.4, -0.2) is 25.1 Å². The Kier molecular flexibility index (Phi) is 3.60. The summed E-state index contributed by atoms with van der Waals surface area (Å²) in [6, 6.07) is 0. The molecular weight excluding hydrogens is 303 g/mol. The van der Waals surface area contributed by atoms with Gasteiger partial charge in [0.15, 0.2) is 5.62 Å². The predicted molar refractivity (Wildman–Crippen MR) is 57.8 cm³/mol. The maximum absolute atomic E-state index is 5.79. The van der Waals surface area contributed by atoms with Crippen LogP contribution < -0.4 is 5.43 Å². The number of hydrazone groups is 1. The van der Waals surface area contributed by atoms with Gasteiger partial charge in [-0.3, -0.25) is 10.3 Å². The molecule has 0 aromatic heterocycles. The van der Waals surface area contributed by atoms with Crippen LogP contribution in [0.5, 0.6) is 0 Å². The minimum atomic E-state index is -1.90. The molecule has 76 valence electrons. The molecule has 0 aliphatic carbocycles. The summed E-state index contributed by atoms with van der Waals surface area (Å²) in [7, 11) is 0. The highest BCUT2D eigenvalue weighted by molar-refractivity contribution is 6.75. The first-order chi connectivity index (χ1) is 5.77. The van der Waals surface area contributed by atoms with Crippen molar-refractivity contribution < 1.29 is 0 Å². The fourth-order valence-corrected chi connectivity index (χ4v) is 1.57. The second kappa shape index (κ2) is 3.87. The van der Waals surface area contributed by atoms with Crippen LogP contribution in [0.25, 0.3) is 0 Å². The molecule has 13 heavy (non-hydrogen) atoms. The predicted octanol–water partition coefficient (Wildman–Crippen LogP) is 2.86. The van der Waals surface area contributed by atoms with Gasteiger partial charge in [-0.05, 0) is 0 Å². The summed E-state index contributed by atoms with van der Waals surface area (Å²) in [5.41, 5.74) is 1.72. The van der Waals surface area contributed by atoms with Crippen LogP contribution in [0.3, 0.4) is 0 Å². The highest BCUT2D eigenvalue weighted by Crippen LogP contribution is 2.48. The van der Waals surface area contributed by atoms with Crippen LogP contribution in [0, 0.1) is 0 Å². The molecule has 1 rings (SSSR count). The highest BCUT2D eigenvalue weighted by Gasteiger charge is 2.52. The molecule has 1 heterocycles. The van der Waals surface area contributed by atoms with Gasteiger partial charge in [0.05, 0.1) is 0 Å². The Hall–Kier alpha value is 1.01. The first-order valence-electron chi connectivity index (χ1n) is 2.92. The Balaban J connectivity index is 2.86. The van der Waals surface area contributed by atoms with Crippen molar-refractivity contribution in [2.24, 2.45) is 5.10 Å². The molecule has 1 aliphatic rings. The first-order valence-corrected chi connectivity index (χ1v) is 5.25. The SMILES string of the molecule is ClC1NN=CN1C(Cl)(Cl)C(Cl)(Cl)Cl. The van der Waals surface area contributed by atoms with Gasteiger partial charge in [0, 0.05) is 0 Å². The third-order valence-electron chi connectivity index (χ3n) is 1.27. The molecule has 0 saturated carbocycles. The quantitative estimate of drug-likeness (QED) is 0.596. The fraction of sp³-hybridized carbons (Fsp3) is 0.750. The maximum Gasteiger partial charge on any atom is 0.241 e. The Morgan fingerprint density at radius 1 is 1.23 bits per heavy atom. The van der Waals surface area contributed by atoms with E-state index in [0.717, 1.165) is 0 Å². The zero-order valence-corrected chi connectivity index (χ0v) is 10.4. The smallest absolute Gasteiger partial charge is 0.241 e. The minimum absolute atomic E-state index is 0.745. The van der Waals surface area contributed by atoms with Crippen molar-refractivity contribution in [3.8, 4) is 0 Å². The number of halogens is 6. The summed E-state index contributed by atoms with van der Waals surface area (Å²) in [6.45, 7) is 0. The molecule has 0 radical (unpaired) electrons. The number of nitrogens with one attached hydrogen (secondary N) is 1. The Labute approximate surface area is 105 Å². The van der Waals surface area contributed by atoms with Gasteiger partial charge in [-0.1, -0.05) is 69.6 Å². The molecular formula is C4H3Cl6N3. The zero-order chi connectivity index (χ0) is 10.3. The summed E-state index contributed by atoms with van der Waals surface area (Å²) in [5, 5.41) is 3.60. The van der Waals surface area contributed by atoms with E-state index in [9.17, 15) is 0 Å². The van der Waals surface area contributed by atoms with Crippen LogP contribution in [0.15, 0.2) is 5.10 Å². The van der Waals surface area contributed by atoms with Crippen molar-refractivity contribution in [2.75, 3.05) is 0 Å². The third-order valence-corrected chi connectivity index (χ3v) is 3.94. The molecule has 1 aliphatic heterocycles. The molecule has 0 saturated heterocycles. The lowest BCUT2D eigenvalue weighted by atomic mass is 10.6. The van der Waals surface area contributed by atoms with E-state index in [1.165, 1.54) is 11.2 Å². The van der Waals surface area contributed by atoms with Crippen LogP contribution in [0.2, 0.25) is 0 Å². The number of alkyl halides is 6. The molecule has 1 atom stereocenters. The lowest BCUT2D eigenvalue weighted by molar-refractivity contribution is 0.335. The number of rotatable bonds is 1. The Morgan fingerprint density at radius 2 is 1.77 bits per heavy atom. The lowest BCUT2D eigenvalue weighted by Gasteiger charge is -2.36. The summed E-state index contributed by atoms with van der Waals surface area (Å²) >= 11 is 33.9. The summed E-state index contributed by atoms with van der Waals surface area (Å²) in [5.74, 6) is 0. The topological polar surface area (TPSA) is 27.6 Å². The minimum Gasteiger partial charge on any atom is -0.291 e. The van der Waals surface area contributed by atoms with Gasteiger partial charge in [0.25, 0.3) is 0 Å². The van der Waals surface area contributed by atoms with Crippen LogP contribution in [0.4, 0.5) is 0 Å². The van der Waals surface area contributed by atoms with Gasteiger partial charge < -0.3 is 0 Å². The number of hydrogen-bond donors (Lipinski definition) is 1. The number of hydrogen-bond acceptors (Lipinski definition) is 3. The van der Waals surface area contributed by atoms with Gasteiger partial charge in [0.2, 0.25) is 8.25 Å². The van der Waals surface area contributed by atoms with Crippen LogP contribution in [-0.2, 0) is 0 Å². The molecule has 0 amide bonds. The summed E-state index contributed by atoms with van der Waals surface area (Å²) in [6.07, 6.45) is 1.25. The highest BCUT2D eigenvalue weighted by atomic mass is 35.6. The van der Waals surface area contributed by atoms with E-state index in [4.69, 9.17) is 69.6 Å². The summed E-state index contributed by atoms with van der Waals surface area (Å²) < 4.78 is -3.68. The lowest BCUT2D eigenvalue weighted by Crippen LogP contribution is -2.51. The van der Waals surface area contributed by atoms with E-state index in [1.807, 2.05) is 0 Å². The first kappa shape index (κ1) is 12.1. The molecule has 3 nitrogen and oxygen atoms in total. The van der Waals surface area contributed by atoms with E-state index >= 15 is 0 Å². The second-order valence-electron chi connectivity index (χ2n) is 2.16. The maximum atomic E-state index is 5.79. The van der Waals surface area contributed by atoms with Crippen molar-refractivity contribution in [3.05, 3.63) is 0 Å². The van der Waals surface area contributed by atoms with Gasteiger partial charge >= 0.3 is 0 Å². The summed E-state index contributed by atoms with van der Waals surface area (Å²) in [4.78, 5) is 1.17. The third kappa shape index (κ3) is 2.33. The standard InChI is InChI=1S/C4H3Cl6N3/c5-2-12-11-1-13(2)4(9,10)3(6,7)8/h1-2,12H. The van der Waals surface area contributed by atoms with Gasteiger partial charge in [-0.2, -0.15) is 5.10 Å². The number of nitrogens with zero attached hydrogens (tertiary/aromatic N) is 2. The van der Waals surface area contributed by atoms with Crippen molar-refractivity contribution in [1.82, 2.24) is 10.3 Å². The van der Waals surface area contributed by atoms with Gasteiger partial charge in [-0.15, -0.1) is 0 Å². The monoisotopic (exact) mass is 303 g/mol. The zero-order valence-electron chi connectivity index (χ0n) is 5.82. The van der Waals surface area contributed by atoms with Crippen LogP contribution in [0.1, 0.15) is 0 Å². The Bertz CT molecular complexity index is 222. The molecule has 1 unspecified atom stereocenters. The second-order valence-corrected chi connectivity index (χ2v) is 6.14. The van der Waals surface area contributed by atoms with E-state index in [2.05, 4.69) is 10.5 Å². The van der Waals surface area contributed by atoms with E-state index < -0.39 is 13.9 Å².